The van der Waals surface area contributed by atoms with Crippen LogP contribution in [0.5, 0.6) is 0 Å². The van der Waals surface area contributed by atoms with E-state index < -0.39 is 0 Å². The third kappa shape index (κ3) is 4.27. The Morgan fingerprint density at radius 1 is 1.10 bits per heavy atom. The zero-order valence-corrected chi connectivity index (χ0v) is 16.7. The molecule has 4 rings (SSSR count). The average Bonchev–Trinajstić information content (AvgIpc) is 3.20. The van der Waals surface area contributed by atoms with Gasteiger partial charge in [-0.15, -0.1) is 0 Å². The molecule has 2 amide bonds. The fourth-order valence-electron chi connectivity index (χ4n) is 3.82. The molecular formula is C24H23FN2O3. The highest BCUT2D eigenvalue weighted by Gasteiger charge is 2.30. The average molecular weight is 406 g/mol. The number of carbonyl (C=O) groups is 2. The fraction of sp³-hybridized carbons (Fsp3) is 0.250. The molecule has 0 unspecified atom stereocenters. The van der Waals surface area contributed by atoms with Gasteiger partial charge in [-0.25, -0.2) is 4.39 Å². The molecule has 0 bridgehead atoms. The van der Waals surface area contributed by atoms with Crippen molar-refractivity contribution >= 4 is 17.5 Å². The molecule has 3 aromatic rings. The van der Waals surface area contributed by atoms with E-state index in [2.05, 4.69) is 5.32 Å². The van der Waals surface area contributed by atoms with Gasteiger partial charge in [0.05, 0.1) is 17.7 Å². The number of furan rings is 1. The van der Waals surface area contributed by atoms with Gasteiger partial charge < -0.3 is 14.6 Å². The zero-order valence-electron chi connectivity index (χ0n) is 16.7. The Hall–Kier alpha value is -3.41. The molecule has 154 valence electrons. The Labute approximate surface area is 174 Å². The first-order chi connectivity index (χ1) is 14.5. The summed E-state index contributed by atoms with van der Waals surface area (Å²) in [6.45, 7) is 2.77. The molecule has 0 radical (unpaired) electrons. The lowest BCUT2D eigenvalue weighted by Gasteiger charge is -2.32. The molecule has 0 saturated carbocycles. The third-order valence-electron chi connectivity index (χ3n) is 5.48. The monoisotopic (exact) mass is 406 g/mol. The second-order valence-corrected chi connectivity index (χ2v) is 7.56. The van der Waals surface area contributed by atoms with E-state index in [1.54, 1.807) is 30.0 Å². The van der Waals surface area contributed by atoms with Crippen LogP contribution in [0, 0.1) is 18.7 Å². The summed E-state index contributed by atoms with van der Waals surface area (Å²) in [5.41, 5.74) is 2.99. The van der Waals surface area contributed by atoms with Gasteiger partial charge in [0.15, 0.2) is 0 Å². The molecule has 6 heteroatoms. The van der Waals surface area contributed by atoms with E-state index in [1.165, 1.54) is 18.4 Å². The number of halogens is 1. The maximum atomic E-state index is 13.2. The first kappa shape index (κ1) is 19.9. The van der Waals surface area contributed by atoms with Crippen LogP contribution in [0.25, 0.3) is 11.1 Å². The van der Waals surface area contributed by atoms with Crippen molar-refractivity contribution in [2.45, 2.75) is 19.8 Å². The lowest BCUT2D eigenvalue weighted by Crippen LogP contribution is -2.43. The second-order valence-electron chi connectivity index (χ2n) is 7.56. The van der Waals surface area contributed by atoms with Gasteiger partial charge in [0.2, 0.25) is 5.91 Å². The Balaban J connectivity index is 1.43. The minimum atomic E-state index is -0.287. The lowest BCUT2D eigenvalue weighted by molar-refractivity contribution is -0.121. The van der Waals surface area contributed by atoms with Crippen LogP contribution in [-0.2, 0) is 4.79 Å². The summed E-state index contributed by atoms with van der Waals surface area (Å²) in [7, 11) is 0. The second kappa shape index (κ2) is 8.53. The molecule has 1 saturated heterocycles. The van der Waals surface area contributed by atoms with Crippen LogP contribution in [0.2, 0.25) is 0 Å². The van der Waals surface area contributed by atoms with E-state index in [1.807, 2.05) is 24.3 Å². The summed E-state index contributed by atoms with van der Waals surface area (Å²) in [6, 6.07) is 15.4. The number of hydrogen-bond acceptors (Lipinski definition) is 3. The van der Waals surface area contributed by atoms with Crippen LogP contribution in [0.15, 0.2) is 65.3 Å². The normalized spacial score (nSPS) is 16.3. The predicted molar refractivity (Wildman–Crippen MR) is 113 cm³/mol. The van der Waals surface area contributed by atoms with Crippen LogP contribution in [-0.4, -0.2) is 29.8 Å². The quantitative estimate of drug-likeness (QED) is 0.671. The summed E-state index contributed by atoms with van der Waals surface area (Å²) < 4.78 is 18.4. The number of carbonyl (C=O) groups excluding carboxylic acids is 2. The molecule has 2 aromatic carbocycles. The van der Waals surface area contributed by atoms with Crippen LogP contribution >= 0.6 is 0 Å². The summed E-state index contributed by atoms with van der Waals surface area (Å²) in [5, 5.41) is 2.97. The molecule has 5 nitrogen and oxygen atoms in total. The molecule has 2 heterocycles. The van der Waals surface area contributed by atoms with E-state index >= 15 is 0 Å². The van der Waals surface area contributed by atoms with E-state index in [9.17, 15) is 14.0 Å². The van der Waals surface area contributed by atoms with E-state index in [-0.39, 0.29) is 23.5 Å². The SMILES string of the molecule is Cc1occc1C(=O)N1CCC[C@@H](C(=O)Nc2cccc(-c3ccc(F)cc3)c2)C1. The summed E-state index contributed by atoms with van der Waals surface area (Å²) in [6.07, 6.45) is 3.01. The van der Waals surface area contributed by atoms with Crippen molar-refractivity contribution in [3.63, 3.8) is 0 Å². The van der Waals surface area contributed by atoms with E-state index in [4.69, 9.17) is 4.42 Å². The lowest BCUT2D eigenvalue weighted by atomic mass is 9.96. The van der Waals surface area contributed by atoms with Gasteiger partial charge in [-0.1, -0.05) is 24.3 Å². The predicted octanol–water partition coefficient (Wildman–Crippen LogP) is 4.89. The molecule has 1 aliphatic rings. The van der Waals surface area contributed by atoms with Crippen molar-refractivity contribution in [3.8, 4) is 11.1 Å². The van der Waals surface area contributed by atoms with Crippen molar-refractivity contribution in [2.75, 3.05) is 18.4 Å². The molecule has 1 N–H and O–H groups in total. The number of aryl methyl sites for hydroxylation is 1. The van der Waals surface area contributed by atoms with Crippen molar-refractivity contribution < 1.29 is 18.4 Å². The number of amides is 2. The summed E-state index contributed by atoms with van der Waals surface area (Å²) in [5.74, 6) is -0.177. The number of nitrogens with one attached hydrogen (secondary N) is 1. The van der Waals surface area contributed by atoms with Gasteiger partial charge in [-0.3, -0.25) is 9.59 Å². The van der Waals surface area contributed by atoms with Gasteiger partial charge in [-0.05, 0) is 61.2 Å². The zero-order chi connectivity index (χ0) is 21.1. The Morgan fingerprint density at radius 3 is 2.63 bits per heavy atom. The molecule has 1 atom stereocenters. The van der Waals surface area contributed by atoms with Gasteiger partial charge in [0, 0.05) is 18.8 Å². The first-order valence-corrected chi connectivity index (χ1v) is 10.0. The molecule has 1 fully saturated rings. The number of hydrogen-bond donors (Lipinski definition) is 1. The Bertz CT molecular complexity index is 1060. The highest BCUT2D eigenvalue weighted by molar-refractivity contribution is 5.97. The van der Waals surface area contributed by atoms with Crippen molar-refractivity contribution in [1.82, 2.24) is 4.90 Å². The number of rotatable bonds is 4. The van der Waals surface area contributed by atoms with Gasteiger partial charge in [-0.2, -0.15) is 0 Å². The number of piperidine rings is 1. The summed E-state index contributed by atoms with van der Waals surface area (Å²) >= 11 is 0. The molecule has 1 aromatic heterocycles. The first-order valence-electron chi connectivity index (χ1n) is 10.0. The largest absolute Gasteiger partial charge is 0.469 e. The van der Waals surface area contributed by atoms with Gasteiger partial charge >= 0.3 is 0 Å². The molecule has 1 aliphatic heterocycles. The third-order valence-corrected chi connectivity index (χ3v) is 5.48. The minimum absolute atomic E-state index is 0.0999. The van der Waals surface area contributed by atoms with Gasteiger partial charge in [0.25, 0.3) is 5.91 Å². The number of anilines is 1. The molecule has 0 aliphatic carbocycles. The number of likely N-dealkylation sites (tertiary alicyclic amines) is 1. The standard InChI is InChI=1S/C24H23FN2O3/c1-16-22(11-13-30-16)24(29)27-12-3-5-19(15-27)23(28)26-21-6-2-4-18(14-21)17-7-9-20(25)10-8-17/h2,4,6-11,13-14,19H,3,5,12,15H2,1H3,(H,26,28)/t19-/m1/s1. The Morgan fingerprint density at radius 2 is 1.90 bits per heavy atom. The highest BCUT2D eigenvalue weighted by atomic mass is 19.1. The van der Waals surface area contributed by atoms with Crippen LogP contribution in [0.1, 0.15) is 29.0 Å². The Kier molecular flexibility index (Phi) is 5.65. The highest BCUT2D eigenvalue weighted by Crippen LogP contribution is 2.25. The fourth-order valence-corrected chi connectivity index (χ4v) is 3.82. The van der Waals surface area contributed by atoms with Crippen molar-refractivity contribution in [2.24, 2.45) is 5.92 Å². The minimum Gasteiger partial charge on any atom is -0.469 e. The maximum absolute atomic E-state index is 13.2. The summed E-state index contributed by atoms with van der Waals surface area (Å²) in [4.78, 5) is 27.3. The van der Waals surface area contributed by atoms with Crippen LogP contribution < -0.4 is 5.32 Å². The van der Waals surface area contributed by atoms with Crippen LogP contribution in [0.3, 0.4) is 0 Å². The molecular weight excluding hydrogens is 383 g/mol. The molecule has 0 spiro atoms. The van der Waals surface area contributed by atoms with Gasteiger partial charge in [0.1, 0.15) is 11.6 Å². The smallest absolute Gasteiger partial charge is 0.257 e. The van der Waals surface area contributed by atoms with E-state index in [0.29, 0.717) is 30.1 Å². The topological polar surface area (TPSA) is 62.6 Å². The van der Waals surface area contributed by atoms with Crippen LogP contribution in [0.4, 0.5) is 10.1 Å². The number of benzene rings is 2. The maximum Gasteiger partial charge on any atom is 0.257 e. The molecule has 30 heavy (non-hydrogen) atoms. The van der Waals surface area contributed by atoms with Crippen molar-refractivity contribution in [3.05, 3.63) is 78.0 Å². The van der Waals surface area contributed by atoms with Crippen molar-refractivity contribution in [1.29, 1.82) is 0 Å². The van der Waals surface area contributed by atoms with E-state index in [0.717, 1.165) is 24.0 Å². The number of nitrogens with zero attached hydrogens (tertiary/aromatic N) is 1.